The van der Waals surface area contributed by atoms with Crippen molar-refractivity contribution in [2.24, 2.45) is 0 Å². The number of esters is 1. The molecule has 0 aliphatic carbocycles. The van der Waals surface area contributed by atoms with Crippen LogP contribution in [0.3, 0.4) is 0 Å². The average molecular weight is 560 g/mol. The molecule has 39 heavy (non-hydrogen) atoms. The SMILES string of the molecule is CNC(=O)COCCOCCNC(=O)CC[C@H](NC(=O)CCCCCCCCCCCCC(=O)O)C(=O)OC. The van der Waals surface area contributed by atoms with Crippen LogP contribution in [0, 0.1) is 0 Å². The molecular formula is C27H49N3O9. The van der Waals surface area contributed by atoms with E-state index in [1.54, 1.807) is 0 Å². The minimum atomic E-state index is -0.877. The summed E-state index contributed by atoms with van der Waals surface area (Å²) in [7, 11) is 2.77. The molecule has 0 saturated carbocycles. The molecule has 0 unspecified atom stereocenters. The van der Waals surface area contributed by atoms with Crippen molar-refractivity contribution in [3.05, 3.63) is 0 Å². The number of carboxylic acids is 1. The van der Waals surface area contributed by atoms with Crippen molar-refractivity contribution in [3.63, 3.8) is 0 Å². The Hall–Kier alpha value is -2.73. The number of rotatable bonds is 26. The van der Waals surface area contributed by atoms with Gasteiger partial charge in [0.1, 0.15) is 12.6 Å². The van der Waals surface area contributed by atoms with Crippen LogP contribution >= 0.6 is 0 Å². The van der Waals surface area contributed by atoms with Crippen molar-refractivity contribution in [1.29, 1.82) is 0 Å². The molecule has 12 nitrogen and oxygen atoms in total. The highest BCUT2D eigenvalue weighted by Gasteiger charge is 2.22. The molecule has 0 radical (unpaired) electrons. The van der Waals surface area contributed by atoms with E-state index in [-0.39, 0.29) is 63.3 Å². The number of carbonyl (C=O) groups excluding carboxylic acids is 4. The summed E-state index contributed by atoms with van der Waals surface area (Å²) in [6.07, 6.45) is 10.7. The van der Waals surface area contributed by atoms with E-state index in [0.717, 1.165) is 64.2 Å². The Labute approximate surface area is 232 Å². The molecule has 1 atom stereocenters. The summed E-state index contributed by atoms with van der Waals surface area (Å²) >= 11 is 0. The third kappa shape index (κ3) is 24.1. The Morgan fingerprint density at radius 3 is 1.82 bits per heavy atom. The highest BCUT2D eigenvalue weighted by Crippen LogP contribution is 2.12. The fourth-order valence-electron chi connectivity index (χ4n) is 3.72. The number of hydrogen-bond acceptors (Lipinski definition) is 8. The molecule has 4 N–H and O–H groups in total. The summed E-state index contributed by atoms with van der Waals surface area (Å²) in [5.41, 5.74) is 0. The van der Waals surface area contributed by atoms with Crippen LogP contribution in [0.1, 0.15) is 89.9 Å². The molecule has 0 aliphatic rings. The lowest BCUT2D eigenvalue weighted by Gasteiger charge is -2.16. The molecule has 0 aliphatic heterocycles. The smallest absolute Gasteiger partial charge is 0.328 e. The minimum absolute atomic E-state index is 0.0323. The van der Waals surface area contributed by atoms with Crippen molar-refractivity contribution in [3.8, 4) is 0 Å². The lowest BCUT2D eigenvalue weighted by atomic mass is 10.0. The van der Waals surface area contributed by atoms with Gasteiger partial charge in [0, 0.05) is 32.9 Å². The maximum Gasteiger partial charge on any atom is 0.328 e. The second kappa shape index (κ2) is 25.5. The number of carbonyl (C=O) groups is 5. The second-order valence-electron chi connectivity index (χ2n) is 9.30. The number of hydrogen-bond donors (Lipinski definition) is 4. The van der Waals surface area contributed by atoms with Crippen LogP contribution in [0.2, 0.25) is 0 Å². The molecule has 0 fully saturated rings. The maximum atomic E-state index is 12.3. The number of nitrogens with one attached hydrogen (secondary N) is 3. The third-order valence-electron chi connectivity index (χ3n) is 5.98. The van der Waals surface area contributed by atoms with Crippen LogP contribution in [0.4, 0.5) is 0 Å². The van der Waals surface area contributed by atoms with Crippen LogP contribution in [0.5, 0.6) is 0 Å². The Morgan fingerprint density at radius 2 is 1.26 bits per heavy atom. The molecule has 0 saturated heterocycles. The largest absolute Gasteiger partial charge is 0.481 e. The molecule has 3 amide bonds. The van der Waals surface area contributed by atoms with Gasteiger partial charge in [-0.3, -0.25) is 19.2 Å². The standard InChI is InChI=1S/C27H49N3O9/c1-28-25(33)21-39-20-19-38-18-17-29-23(31)16-15-22(27(36)37-2)30-24(32)13-11-9-7-5-3-4-6-8-10-12-14-26(34)35/h22H,3-21H2,1-2H3,(H,28,33)(H,29,31)(H,30,32)(H,34,35)/t22-/m0/s1. The van der Waals surface area contributed by atoms with E-state index in [2.05, 4.69) is 16.0 Å². The van der Waals surface area contributed by atoms with Crippen molar-refractivity contribution in [2.45, 2.75) is 95.9 Å². The van der Waals surface area contributed by atoms with Crippen molar-refractivity contribution >= 4 is 29.7 Å². The van der Waals surface area contributed by atoms with Crippen molar-refractivity contribution < 1.29 is 43.3 Å². The molecule has 0 bridgehead atoms. The summed E-state index contributed by atoms with van der Waals surface area (Å²) in [5, 5.41) is 16.4. The summed E-state index contributed by atoms with van der Waals surface area (Å²) in [6, 6.07) is -0.877. The van der Waals surface area contributed by atoms with Crippen molar-refractivity contribution in [2.75, 3.05) is 47.1 Å². The van der Waals surface area contributed by atoms with E-state index in [9.17, 15) is 24.0 Å². The Kier molecular flexibility index (Phi) is 23.8. The van der Waals surface area contributed by atoms with E-state index in [1.807, 2.05) is 0 Å². The van der Waals surface area contributed by atoms with Gasteiger partial charge in [-0.2, -0.15) is 0 Å². The first-order valence-corrected chi connectivity index (χ1v) is 14.0. The first-order chi connectivity index (χ1) is 18.8. The average Bonchev–Trinajstić information content (AvgIpc) is 2.92. The first kappa shape index (κ1) is 36.3. The Bertz CT molecular complexity index is 704. The number of methoxy groups -OCH3 is 1. The third-order valence-corrected chi connectivity index (χ3v) is 5.98. The molecule has 226 valence electrons. The minimum Gasteiger partial charge on any atom is -0.481 e. The lowest BCUT2D eigenvalue weighted by Crippen LogP contribution is -2.42. The zero-order valence-electron chi connectivity index (χ0n) is 23.7. The summed E-state index contributed by atoms with van der Waals surface area (Å²) in [4.78, 5) is 57.9. The van der Waals surface area contributed by atoms with E-state index < -0.39 is 18.0 Å². The van der Waals surface area contributed by atoms with Crippen molar-refractivity contribution in [1.82, 2.24) is 16.0 Å². The molecule has 0 aromatic rings. The molecule has 0 aromatic heterocycles. The fraction of sp³-hybridized carbons (Fsp3) is 0.815. The predicted octanol–water partition coefficient (Wildman–Crippen LogP) is 2.09. The van der Waals surface area contributed by atoms with Gasteiger partial charge in [0.15, 0.2) is 0 Å². The van der Waals surface area contributed by atoms with Crippen LogP contribution in [0.25, 0.3) is 0 Å². The van der Waals surface area contributed by atoms with Gasteiger partial charge in [-0.1, -0.05) is 51.4 Å². The van der Waals surface area contributed by atoms with Gasteiger partial charge in [0.05, 0.1) is 26.9 Å². The van der Waals surface area contributed by atoms with Crippen LogP contribution in [-0.4, -0.2) is 87.9 Å². The zero-order valence-corrected chi connectivity index (χ0v) is 23.7. The summed E-state index contributed by atoms with van der Waals surface area (Å²) in [6.45, 7) is 1.09. The van der Waals surface area contributed by atoms with E-state index in [4.69, 9.17) is 19.3 Å². The quantitative estimate of drug-likeness (QED) is 0.0915. The number of amides is 3. The van der Waals surface area contributed by atoms with E-state index in [1.165, 1.54) is 14.2 Å². The number of carboxylic acid groups (broad SMARTS) is 1. The molecule has 0 heterocycles. The van der Waals surface area contributed by atoms with E-state index >= 15 is 0 Å². The monoisotopic (exact) mass is 559 g/mol. The van der Waals surface area contributed by atoms with Gasteiger partial charge in [0.25, 0.3) is 0 Å². The van der Waals surface area contributed by atoms with Gasteiger partial charge < -0.3 is 35.3 Å². The van der Waals surface area contributed by atoms with Gasteiger partial charge in [0.2, 0.25) is 17.7 Å². The first-order valence-electron chi connectivity index (χ1n) is 14.0. The molecule has 12 heteroatoms. The van der Waals surface area contributed by atoms with Gasteiger partial charge >= 0.3 is 11.9 Å². The molecule has 0 spiro atoms. The van der Waals surface area contributed by atoms with Gasteiger partial charge in [-0.15, -0.1) is 0 Å². The highest BCUT2D eigenvalue weighted by molar-refractivity contribution is 5.85. The summed E-state index contributed by atoms with van der Waals surface area (Å²) in [5.74, 6) is -2.03. The molecular weight excluding hydrogens is 510 g/mol. The number of likely N-dealkylation sites (N-methyl/N-ethyl adjacent to an activating group) is 1. The number of unbranched alkanes of at least 4 members (excludes halogenated alkanes) is 9. The Balaban J connectivity index is 3.87. The highest BCUT2D eigenvalue weighted by atomic mass is 16.5. The maximum absolute atomic E-state index is 12.3. The lowest BCUT2D eigenvalue weighted by molar-refractivity contribution is -0.145. The topological polar surface area (TPSA) is 169 Å². The van der Waals surface area contributed by atoms with Crippen LogP contribution in [-0.2, 0) is 38.2 Å². The Morgan fingerprint density at radius 1 is 0.692 bits per heavy atom. The molecule has 0 rings (SSSR count). The molecule has 0 aromatic carbocycles. The number of ether oxygens (including phenoxy) is 3. The second-order valence-corrected chi connectivity index (χ2v) is 9.30. The summed E-state index contributed by atoms with van der Waals surface area (Å²) < 4.78 is 15.2. The van der Waals surface area contributed by atoms with Gasteiger partial charge in [-0.25, -0.2) is 4.79 Å². The van der Waals surface area contributed by atoms with Crippen LogP contribution < -0.4 is 16.0 Å². The number of aliphatic carboxylic acids is 1. The predicted molar refractivity (Wildman–Crippen MR) is 145 cm³/mol. The van der Waals surface area contributed by atoms with E-state index in [0.29, 0.717) is 13.0 Å². The van der Waals surface area contributed by atoms with Gasteiger partial charge in [-0.05, 0) is 19.3 Å². The van der Waals surface area contributed by atoms with Crippen LogP contribution in [0.15, 0.2) is 0 Å². The normalized spacial score (nSPS) is 11.4. The fourth-order valence-corrected chi connectivity index (χ4v) is 3.72. The zero-order chi connectivity index (χ0) is 29.1.